The number of piperidine rings is 1. The first kappa shape index (κ1) is 19.8. The molecule has 0 spiro atoms. The van der Waals surface area contributed by atoms with Gasteiger partial charge in [0.05, 0.1) is 0 Å². The Morgan fingerprint density at radius 2 is 2.00 bits per heavy atom. The Bertz CT molecular complexity index is 1020. The third-order valence-corrected chi connectivity index (χ3v) is 5.53. The maximum atomic E-state index is 12.8. The van der Waals surface area contributed by atoms with Gasteiger partial charge in [-0.25, -0.2) is 4.98 Å². The van der Waals surface area contributed by atoms with Crippen molar-refractivity contribution in [3.8, 4) is 6.07 Å². The Kier molecular flexibility index (Phi) is 5.13. The van der Waals surface area contributed by atoms with E-state index in [1.54, 1.807) is 36.0 Å². The van der Waals surface area contributed by atoms with Gasteiger partial charge < -0.3 is 20.2 Å². The van der Waals surface area contributed by atoms with Gasteiger partial charge in [0, 0.05) is 57.1 Å². The number of amides is 2. The molecule has 2 aliphatic heterocycles. The number of rotatable bonds is 4. The number of carbonyl (C=O) groups is 2. The first-order chi connectivity index (χ1) is 14.4. The van der Waals surface area contributed by atoms with Gasteiger partial charge in [-0.15, -0.1) is 0 Å². The summed E-state index contributed by atoms with van der Waals surface area (Å²) in [5, 5.41) is 26.5. The molecule has 2 aromatic rings. The van der Waals surface area contributed by atoms with Crippen LogP contribution >= 0.6 is 0 Å². The highest BCUT2D eigenvalue weighted by molar-refractivity contribution is 6.03. The first-order valence-electron chi connectivity index (χ1n) is 9.93. The van der Waals surface area contributed by atoms with Gasteiger partial charge in [-0.05, 0) is 25.3 Å². The van der Waals surface area contributed by atoms with E-state index in [4.69, 9.17) is 5.26 Å². The average Bonchev–Trinajstić information content (AvgIpc) is 3.28. The van der Waals surface area contributed by atoms with E-state index >= 15 is 0 Å². The number of pyridine rings is 1. The SMILES string of the molecule is Cn1nc(Nc2cc(N3CC[C@](O)(C#N)C3=O)ccn2)cc1C(=O)N1CCCCC1. The summed E-state index contributed by atoms with van der Waals surface area (Å²) in [4.78, 5) is 32.6. The zero-order valence-electron chi connectivity index (χ0n) is 16.7. The van der Waals surface area contributed by atoms with Crippen molar-refractivity contribution in [3.05, 3.63) is 30.1 Å². The van der Waals surface area contributed by atoms with Crippen molar-refractivity contribution in [3.63, 3.8) is 0 Å². The zero-order valence-corrected chi connectivity index (χ0v) is 16.7. The third kappa shape index (κ3) is 3.59. The molecule has 0 aromatic carbocycles. The molecule has 0 aliphatic carbocycles. The maximum Gasteiger partial charge on any atom is 0.273 e. The van der Waals surface area contributed by atoms with Gasteiger partial charge >= 0.3 is 0 Å². The first-order valence-corrected chi connectivity index (χ1v) is 9.93. The lowest BCUT2D eigenvalue weighted by Gasteiger charge is -2.26. The fraction of sp³-hybridized carbons (Fsp3) is 0.450. The Morgan fingerprint density at radius 1 is 1.23 bits per heavy atom. The van der Waals surface area contributed by atoms with Crippen molar-refractivity contribution in [2.24, 2.45) is 7.05 Å². The molecule has 1 atom stereocenters. The zero-order chi connectivity index (χ0) is 21.3. The molecule has 30 heavy (non-hydrogen) atoms. The highest BCUT2D eigenvalue weighted by Crippen LogP contribution is 2.29. The molecule has 10 nitrogen and oxygen atoms in total. The summed E-state index contributed by atoms with van der Waals surface area (Å²) < 4.78 is 1.54. The minimum absolute atomic E-state index is 0.0436. The number of nitriles is 1. The number of hydrogen-bond donors (Lipinski definition) is 2. The molecule has 2 saturated heterocycles. The van der Waals surface area contributed by atoms with Crippen LogP contribution in [0.2, 0.25) is 0 Å². The van der Waals surface area contributed by atoms with Gasteiger partial charge in [0.15, 0.2) is 5.82 Å². The van der Waals surface area contributed by atoms with Crippen LogP contribution in [-0.2, 0) is 11.8 Å². The topological polar surface area (TPSA) is 127 Å². The number of anilines is 3. The number of nitrogens with one attached hydrogen (secondary N) is 1. The summed E-state index contributed by atoms with van der Waals surface area (Å²) in [6.45, 7) is 1.76. The van der Waals surface area contributed by atoms with E-state index in [-0.39, 0.29) is 18.9 Å². The summed E-state index contributed by atoms with van der Waals surface area (Å²) in [6.07, 6.45) is 4.76. The second-order valence-electron chi connectivity index (χ2n) is 7.59. The molecule has 2 amide bonds. The van der Waals surface area contributed by atoms with Gasteiger partial charge in [0.1, 0.15) is 17.6 Å². The maximum absolute atomic E-state index is 12.8. The monoisotopic (exact) mass is 409 g/mol. The van der Waals surface area contributed by atoms with E-state index in [9.17, 15) is 14.7 Å². The number of hydrogen-bond acceptors (Lipinski definition) is 7. The summed E-state index contributed by atoms with van der Waals surface area (Å²) in [5.74, 6) is 0.207. The Morgan fingerprint density at radius 3 is 2.70 bits per heavy atom. The van der Waals surface area contributed by atoms with Gasteiger partial charge in [-0.2, -0.15) is 10.4 Å². The minimum atomic E-state index is -1.98. The van der Waals surface area contributed by atoms with Crippen molar-refractivity contribution >= 4 is 29.1 Å². The lowest BCUT2D eigenvalue weighted by Crippen LogP contribution is -2.38. The number of aryl methyl sites for hydroxylation is 1. The number of aliphatic hydroxyl groups is 1. The van der Waals surface area contributed by atoms with E-state index in [1.807, 2.05) is 4.90 Å². The van der Waals surface area contributed by atoms with Crippen LogP contribution in [0.5, 0.6) is 0 Å². The van der Waals surface area contributed by atoms with Crippen molar-refractivity contribution in [1.82, 2.24) is 19.7 Å². The summed E-state index contributed by atoms with van der Waals surface area (Å²) >= 11 is 0. The fourth-order valence-electron chi connectivity index (χ4n) is 3.83. The van der Waals surface area contributed by atoms with Crippen LogP contribution in [0.4, 0.5) is 17.3 Å². The summed E-state index contributed by atoms with van der Waals surface area (Å²) in [5.41, 5.74) is -0.977. The van der Waals surface area contributed by atoms with E-state index in [0.29, 0.717) is 23.0 Å². The molecule has 0 saturated carbocycles. The molecule has 156 valence electrons. The van der Waals surface area contributed by atoms with Crippen molar-refractivity contribution in [2.75, 3.05) is 29.9 Å². The molecule has 0 radical (unpaired) electrons. The molecule has 2 fully saturated rings. The molecule has 0 bridgehead atoms. The van der Waals surface area contributed by atoms with E-state index in [1.165, 1.54) is 11.1 Å². The molecule has 2 aromatic heterocycles. The molecule has 10 heteroatoms. The number of nitrogens with zero attached hydrogens (tertiary/aromatic N) is 6. The quantitative estimate of drug-likeness (QED) is 0.726. The van der Waals surface area contributed by atoms with Crippen molar-refractivity contribution in [2.45, 2.75) is 31.3 Å². The Hall–Kier alpha value is -3.45. The van der Waals surface area contributed by atoms with Crippen molar-refractivity contribution < 1.29 is 14.7 Å². The predicted octanol–water partition coefficient (Wildman–Crippen LogP) is 1.18. The van der Waals surface area contributed by atoms with E-state index in [0.717, 1.165) is 32.4 Å². The number of carbonyl (C=O) groups excluding carboxylic acids is 2. The van der Waals surface area contributed by atoms with E-state index < -0.39 is 11.5 Å². The van der Waals surface area contributed by atoms with Gasteiger partial charge in [-0.3, -0.25) is 14.3 Å². The normalized spacial score (nSPS) is 21.6. The lowest BCUT2D eigenvalue weighted by atomic mass is 10.1. The smallest absolute Gasteiger partial charge is 0.273 e. The fourth-order valence-corrected chi connectivity index (χ4v) is 3.83. The number of likely N-dealkylation sites (tertiary alicyclic amines) is 1. The second kappa shape index (κ2) is 7.76. The Labute approximate surface area is 173 Å². The average molecular weight is 409 g/mol. The minimum Gasteiger partial charge on any atom is -0.368 e. The molecule has 2 N–H and O–H groups in total. The van der Waals surface area contributed by atoms with Crippen LogP contribution in [-0.4, -0.2) is 61.8 Å². The molecule has 4 heterocycles. The second-order valence-corrected chi connectivity index (χ2v) is 7.59. The molecular formula is C20H23N7O3. The highest BCUT2D eigenvalue weighted by Gasteiger charge is 2.46. The summed E-state index contributed by atoms with van der Waals surface area (Å²) in [7, 11) is 1.72. The molecular weight excluding hydrogens is 386 g/mol. The molecule has 2 aliphatic rings. The van der Waals surface area contributed by atoms with Crippen LogP contribution in [0.25, 0.3) is 0 Å². The third-order valence-electron chi connectivity index (χ3n) is 5.53. The highest BCUT2D eigenvalue weighted by atomic mass is 16.3. The van der Waals surface area contributed by atoms with Crippen LogP contribution in [0.1, 0.15) is 36.2 Å². The van der Waals surface area contributed by atoms with Crippen LogP contribution < -0.4 is 10.2 Å². The van der Waals surface area contributed by atoms with Gasteiger partial charge in [0.2, 0.25) is 5.60 Å². The summed E-state index contributed by atoms with van der Waals surface area (Å²) in [6, 6.07) is 6.63. The lowest BCUT2D eigenvalue weighted by molar-refractivity contribution is -0.128. The van der Waals surface area contributed by atoms with E-state index in [2.05, 4.69) is 15.4 Å². The predicted molar refractivity (Wildman–Crippen MR) is 108 cm³/mol. The Balaban J connectivity index is 1.51. The largest absolute Gasteiger partial charge is 0.368 e. The van der Waals surface area contributed by atoms with Gasteiger partial charge in [0.25, 0.3) is 11.8 Å². The van der Waals surface area contributed by atoms with Gasteiger partial charge in [-0.1, -0.05) is 0 Å². The standard InChI is InChI=1S/C20H23N7O3/c1-25-15(18(28)26-8-3-2-4-9-26)12-17(24-25)23-16-11-14(5-7-22-16)27-10-6-20(30,13-21)19(27)29/h5,7,11-12,30H,2-4,6,8-10H2,1H3,(H,22,23,24)/t20-/m0/s1. The molecule has 0 unspecified atom stereocenters. The number of aromatic nitrogens is 3. The molecule has 4 rings (SSSR count). The van der Waals surface area contributed by atoms with Crippen LogP contribution in [0.15, 0.2) is 24.4 Å². The van der Waals surface area contributed by atoms with Crippen LogP contribution in [0, 0.1) is 11.3 Å². The van der Waals surface area contributed by atoms with Crippen LogP contribution in [0.3, 0.4) is 0 Å². The van der Waals surface area contributed by atoms with Crippen molar-refractivity contribution in [1.29, 1.82) is 5.26 Å².